The van der Waals surface area contributed by atoms with Crippen molar-refractivity contribution in [3.8, 4) is 0 Å². The van der Waals surface area contributed by atoms with E-state index >= 15 is 0 Å². The number of nitrogens with one attached hydrogen (secondary N) is 1. The zero-order valence-electron chi connectivity index (χ0n) is 11.7. The van der Waals surface area contributed by atoms with Crippen molar-refractivity contribution in [2.75, 3.05) is 0 Å². The fourth-order valence-corrected chi connectivity index (χ4v) is 3.36. The van der Waals surface area contributed by atoms with Crippen LogP contribution in [0.5, 0.6) is 0 Å². The molecule has 2 saturated carbocycles. The minimum Gasteiger partial charge on any atom is -0.443 e. The fraction of sp³-hybridized carbons (Fsp3) is 0.933. The Hall–Kier alpha value is -0.730. The van der Waals surface area contributed by atoms with Crippen LogP contribution in [0.2, 0.25) is 0 Å². The van der Waals surface area contributed by atoms with Crippen LogP contribution >= 0.6 is 0 Å². The second kappa shape index (κ2) is 6.44. The van der Waals surface area contributed by atoms with Crippen molar-refractivity contribution >= 4 is 6.09 Å². The standard InChI is InChI=1S/C15H27NO2/c1-2-15(11-7-4-8-12-15)18-14(17)16-13-9-5-3-6-10-13/h13H,2-12H2,1H3,(H,16,17). The van der Waals surface area contributed by atoms with Crippen LogP contribution in [0.25, 0.3) is 0 Å². The SMILES string of the molecule is CCC1(OC(=O)NC2CCCCC2)CCCCC1. The van der Waals surface area contributed by atoms with Crippen LogP contribution in [0.4, 0.5) is 4.79 Å². The molecule has 1 N–H and O–H groups in total. The zero-order valence-corrected chi connectivity index (χ0v) is 11.7. The van der Waals surface area contributed by atoms with Crippen molar-refractivity contribution in [1.29, 1.82) is 0 Å². The number of ether oxygens (including phenoxy) is 1. The Labute approximate surface area is 111 Å². The predicted molar refractivity (Wildman–Crippen MR) is 72.6 cm³/mol. The number of amides is 1. The molecule has 2 aliphatic carbocycles. The van der Waals surface area contributed by atoms with Crippen molar-refractivity contribution in [3.63, 3.8) is 0 Å². The number of hydrogen-bond donors (Lipinski definition) is 1. The van der Waals surface area contributed by atoms with Crippen LogP contribution in [0.3, 0.4) is 0 Å². The third-order valence-corrected chi connectivity index (χ3v) is 4.65. The minimum absolute atomic E-state index is 0.170. The molecule has 0 bridgehead atoms. The van der Waals surface area contributed by atoms with E-state index in [1.807, 2.05) is 0 Å². The molecule has 0 atom stereocenters. The van der Waals surface area contributed by atoms with Crippen molar-refractivity contribution in [2.45, 2.75) is 89.2 Å². The van der Waals surface area contributed by atoms with Gasteiger partial charge in [0, 0.05) is 6.04 Å². The van der Waals surface area contributed by atoms with Gasteiger partial charge in [0.15, 0.2) is 0 Å². The van der Waals surface area contributed by atoms with Crippen LogP contribution in [0.1, 0.15) is 77.6 Å². The van der Waals surface area contributed by atoms with E-state index < -0.39 is 0 Å². The highest BCUT2D eigenvalue weighted by Crippen LogP contribution is 2.34. The second-order valence-electron chi connectivity index (χ2n) is 5.97. The average molecular weight is 253 g/mol. The summed E-state index contributed by atoms with van der Waals surface area (Å²) in [6.07, 6.45) is 12.6. The summed E-state index contributed by atoms with van der Waals surface area (Å²) in [7, 11) is 0. The van der Waals surface area contributed by atoms with Crippen LogP contribution in [0, 0.1) is 0 Å². The summed E-state index contributed by atoms with van der Waals surface area (Å²) in [6, 6.07) is 0.351. The van der Waals surface area contributed by atoms with E-state index in [2.05, 4.69) is 12.2 Å². The summed E-state index contributed by atoms with van der Waals surface area (Å²) >= 11 is 0. The predicted octanol–water partition coefficient (Wildman–Crippen LogP) is 4.16. The van der Waals surface area contributed by atoms with Crippen molar-refractivity contribution in [1.82, 2.24) is 5.32 Å². The van der Waals surface area contributed by atoms with Gasteiger partial charge >= 0.3 is 6.09 Å². The first-order chi connectivity index (χ1) is 8.74. The van der Waals surface area contributed by atoms with E-state index in [9.17, 15) is 4.79 Å². The molecule has 3 nitrogen and oxygen atoms in total. The lowest BCUT2D eigenvalue weighted by Gasteiger charge is -2.36. The monoisotopic (exact) mass is 253 g/mol. The molecule has 0 heterocycles. The lowest BCUT2D eigenvalue weighted by Crippen LogP contribution is -2.44. The number of carbonyl (C=O) groups is 1. The second-order valence-corrected chi connectivity index (χ2v) is 5.97. The summed E-state index contributed by atoms with van der Waals surface area (Å²) < 4.78 is 5.78. The Morgan fingerprint density at radius 1 is 1.11 bits per heavy atom. The van der Waals surface area contributed by atoms with Gasteiger partial charge in [0.1, 0.15) is 5.60 Å². The molecule has 0 aromatic rings. The Balaban J connectivity index is 1.81. The number of rotatable bonds is 3. The molecule has 0 radical (unpaired) electrons. The maximum atomic E-state index is 12.0. The normalized spacial score (nSPS) is 24.5. The molecule has 1 amide bonds. The van der Waals surface area contributed by atoms with Crippen LogP contribution in [0.15, 0.2) is 0 Å². The van der Waals surface area contributed by atoms with Gasteiger partial charge in [-0.1, -0.05) is 32.6 Å². The molecule has 0 unspecified atom stereocenters. The Bertz CT molecular complexity index is 266. The lowest BCUT2D eigenvalue weighted by molar-refractivity contribution is -0.0211. The van der Waals surface area contributed by atoms with Crippen molar-refractivity contribution in [3.05, 3.63) is 0 Å². The molecule has 0 spiro atoms. The highest BCUT2D eigenvalue weighted by Gasteiger charge is 2.34. The highest BCUT2D eigenvalue weighted by atomic mass is 16.6. The quantitative estimate of drug-likeness (QED) is 0.820. The third kappa shape index (κ3) is 3.63. The summed E-state index contributed by atoms with van der Waals surface area (Å²) in [5.74, 6) is 0. The van der Waals surface area contributed by atoms with Gasteiger partial charge in [-0.2, -0.15) is 0 Å². The van der Waals surface area contributed by atoms with Gasteiger partial charge in [-0.25, -0.2) is 4.79 Å². The van der Waals surface area contributed by atoms with E-state index in [1.54, 1.807) is 0 Å². The number of hydrogen-bond acceptors (Lipinski definition) is 2. The Morgan fingerprint density at radius 3 is 2.33 bits per heavy atom. The molecule has 2 aliphatic rings. The van der Waals surface area contributed by atoms with Crippen LogP contribution < -0.4 is 5.32 Å². The first-order valence-corrected chi connectivity index (χ1v) is 7.74. The van der Waals surface area contributed by atoms with Crippen LogP contribution in [-0.2, 0) is 4.74 Å². The summed E-state index contributed by atoms with van der Waals surface area (Å²) in [5, 5.41) is 3.06. The molecule has 3 heteroatoms. The fourth-order valence-electron chi connectivity index (χ4n) is 3.36. The molecular formula is C15H27NO2. The molecule has 2 rings (SSSR count). The molecule has 0 aromatic carbocycles. The molecule has 0 aliphatic heterocycles. The van der Waals surface area contributed by atoms with Crippen molar-refractivity contribution < 1.29 is 9.53 Å². The molecule has 18 heavy (non-hydrogen) atoms. The number of carbonyl (C=O) groups excluding carboxylic acids is 1. The highest BCUT2D eigenvalue weighted by molar-refractivity contribution is 5.68. The Kier molecular flexibility index (Phi) is 4.90. The maximum absolute atomic E-state index is 12.0. The smallest absolute Gasteiger partial charge is 0.407 e. The minimum atomic E-state index is -0.175. The number of alkyl carbamates (subject to hydrolysis) is 1. The summed E-state index contributed by atoms with van der Waals surface area (Å²) in [4.78, 5) is 12.0. The van der Waals surface area contributed by atoms with Gasteiger partial charge in [-0.3, -0.25) is 0 Å². The zero-order chi connectivity index (χ0) is 12.8. The maximum Gasteiger partial charge on any atom is 0.407 e. The van der Waals surface area contributed by atoms with Gasteiger partial charge in [-0.15, -0.1) is 0 Å². The van der Waals surface area contributed by atoms with E-state index in [0.29, 0.717) is 6.04 Å². The van der Waals surface area contributed by atoms with E-state index in [-0.39, 0.29) is 11.7 Å². The molecular weight excluding hydrogens is 226 g/mol. The topological polar surface area (TPSA) is 38.3 Å². The third-order valence-electron chi connectivity index (χ3n) is 4.65. The first kappa shape index (κ1) is 13.7. The molecule has 104 valence electrons. The van der Waals surface area contributed by atoms with Gasteiger partial charge in [0.05, 0.1) is 0 Å². The van der Waals surface area contributed by atoms with Crippen LogP contribution in [-0.4, -0.2) is 17.7 Å². The summed E-state index contributed by atoms with van der Waals surface area (Å²) in [5.41, 5.74) is -0.170. The average Bonchev–Trinajstić information content (AvgIpc) is 2.41. The van der Waals surface area contributed by atoms with Gasteiger partial charge < -0.3 is 10.1 Å². The molecule has 0 aromatic heterocycles. The largest absolute Gasteiger partial charge is 0.443 e. The van der Waals surface area contributed by atoms with E-state index in [4.69, 9.17) is 4.74 Å². The van der Waals surface area contributed by atoms with Gasteiger partial charge in [0.25, 0.3) is 0 Å². The molecule has 0 saturated heterocycles. The van der Waals surface area contributed by atoms with Gasteiger partial charge in [-0.05, 0) is 44.9 Å². The van der Waals surface area contributed by atoms with Crippen molar-refractivity contribution in [2.24, 2.45) is 0 Å². The first-order valence-electron chi connectivity index (χ1n) is 7.74. The van der Waals surface area contributed by atoms with Gasteiger partial charge in [0.2, 0.25) is 0 Å². The van der Waals surface area contributed by atoms with E-state index in [0.717, 1.165) is 32.1 Å². The molecule has 2 fully saturated rings. The Morgan fingerprint density at radius 2 is 1.72 bits per heavy atom. The van der Waals surface area contributed by atoms with E-state index in [1.165, 1.54) is 38.5 Å². The summed E-state index contributed by atoms with van der Waals surface area (Å²) in [6.45, 7) is 2.14. The lowest BCUT2D eigenvalue weighted by atomic mass is 9.83.